The van der Waals surface area contributed by atoms with Crippen LogP contribution in [0.3, 0.4) is 0 Å². The highest BCUT2D eigenvalue weighted by molar-refractivity contribution is 5.48. The molecule has 1 aromatic carbocycles. The summed E-state index contributed by atoms with van der Waals surface area (Å²) in [6, 6.07) is 2.54. The minimum Gasteiger partial charge on any atom is -0.0613 e. The predicted octanol–water partition coefficient (Wildman–Crippen LogP) is 5.33. The number of rotatable bonds is 1. The fourth-order valence-electron chi connectivity index (χ4n) is 4.89. The normalized spacial score (nSPS) is 29.8. The highest BCUT2D eigenvalue weighted by Gasteiger charge is 2.36. The van der Waals surface area contributed by atoms with E-state index >= 15 is 0 Å². The molecule has 0 nitrogen and oxygen atoms in total. The van der Waals surface area contributed by atoms with E-state index in [2.05, 4.69) is 33.8 Å². The Balaban J connectivity index is 2.09. The van der Waals surface area contributed by atoms with Gasteiger partial charge in [-0.1, -0.05) is 32.8 Å². The third-order valence-electron chi connectivity index (χ3n) is 6.07. The molecule has 0 spiro atoms. The van der Waals surface area contributed by atoms with Crippen LogP contribution in [0.2, 0.25) is 0 Å². The smallest absolute Gasteiger partial charge is 0.0154 e. The van der Waals surface area contributed by atoms with Gasteiger partial charge in [-0.15, -0.1) is 0 Å². The Morgan fingerprint density at radius 1 is 1.11 bits per heavy atom. The number of fused-ring (bicyclic) bond motifs is 2. The van der Waals surface area contributed by atoms with E-state index in [-0.39, 0.29) is 0 Å². The van der Waals surface area contributed by atoms with Crippen LogP contribution in [0, 0.1) is 25.7 Å². The van der Waals surface area contributed by atoms with Crippen molar-refractivity contribution in [3.05, 3.63) is 33.9 Å². The maximum absolute atomic E-state index is 2.54. The van der Waals surface area contributed by atoms with Crippen LogP contribution in [0.4, 0.5) is 0 Å². The maximum atomic E-state index is 2.54. The molecule has 0 N–H and O–H groups in total. The zero-order valence-electron chi connectivity index (χ0n) is 13.1. The summed E-state index contributed by atoms with van der Waals surface area (Å²) < 4.78 is 0. The molecule has 2 aliphatic rings. The maximum Gasteiger partial charge on any atom is -0.0154 e. The summed E-state index contributed by atoms with van der Waals surface area (Å²) in [6.07, 6.45) is 8.42. The Morgan fingerprint density at radius 2 is 1.84 bits per heavy atom. The van der Waals surface area contributed by atoms with E-state index in [4.69, 9.17) is 0 Å². The van der Waals surface area contributed by atoms with E-state index in [9.17, 15) is 0 Å². The molecule has 0 heterocycles. The van der Waals surface area contributed by atoms with Gasteiger partial charge in [0, 0.05) is 0 Å². The van der Waals surface area contributed by atoms with Crippen molar-refractivity contribution in [1.29, 1.82) is 0 Å². The Hall–Kier alpha value is -0.780. The minimum atomic E-state index is 0.790. The van der Waals surface area contributed by atoms with Crippen molar-refractivity contribution in [1.82, 2.24) is 0 Å². The second-order valence-electron chi connectivity index (χ2n) is 6.91. The molecule has 0 aromatic heterocycles. The molecule has 0 aliphatic heterocycles. The van der Waals surface area contributed by atoms with Gasteiger partial charge in [-0.3, -0.25) is 0 Å². The highest BCUT2D eigenvalue weighted by Crippen LogP contribution is 2.48. The van der Waals surface area contributed by atoms with Gasteiger partial charge in [0.2, 0.25) is 0 Å². The Morgan fingerprint density at radius 3 is 2.58 bits per heavy atom. The number of hydrogen-bond acceptors (Lipinski definition) is 0. The third kappa shape index (κ3) is 2.04. The van der Waals surface area contributed by atoms with E-state index in [0.717, 1.165) is 17.8 Å². The molecule has 19 heavy (non-hydrogen) atoms. The average Bonchev–Trinajstić information content (AvgIpc) is 2.42. The number of aryl methyl sites for hydroxylation is 1. The molecule has 2 aliphatic carbocycles. The highest BCUT2D eigenvalue weighted by atomic mass is 14.4. The summed E-state index contributed by atoms with van der Waals surface area (Å²) in [6.45, 7) is 9.49. The van der Waals surface area contributed by atoms with Crippen molar-refractivity contribution in [3.8, 4) is 0 Å². The lowest BCUT2D eigenvalue weighted by atomic mass is 9.62. The second-order valence-corrected chi connectivity index (χ2v) is 6.91. The van der Waals surface area contributed by atoms with Crippen molar-refractivity contribution < 1.29 is 0 Å². The zero-order valence-corrected chi connectivity index (χ0v) is 13.1. The third-order valence-corrected chi connectivity index (χ3v) is 6.07. The van der Waals surface area contributed by atoms with E-state index in [1.807, 2.05) is 0 Å². The second kappa shape index (κ2) is 4.96. The Kier molecular flexibility index (Phi) is 3.45. The standard InChI is InChI=1S/C19H28/c1-5-15-10-17-11-16-8-6-7-9-18(16)14(4)19(17)13(3)12(15)2/h10,14,16,18H,5-9,11H2,1-4H3/t14?,16?,18-/m1/s1. The molecular formula is C19H28. The van der Waals surface area contributed by atoms with Crippen molar-refractivity contribution >= 4 is 0 Å². The number of hydrogen-bond donors (Lipinski definition) is 0. The fourth-order valence-corrected chi connectivity index (χ4v) is 4.89. The van der Waals surface area contributed by atoms with Crippen LogP contribution in [0.15, 0.2) is 6.07 Å². The Bertz CT molecular complexity index is 483. The molecule has 2 unspecified atom stereocenters. The van der Waals surface area contributed by atoms with Crippen LogP contribution in [-0.4, -0.2) is 0 Å². The lowest BCUT2D eigenvalue weighted by molar-refractivity contribution is 0.190. The van der Waals surface area contributed by atoms with Crippen molar-refractivity contribution in [3.63, 3.8) is 0 Å². The largest absolute Gasteiger partial charge is 0.0613 e. The molecule has 0 saturated heterocycles. The quantitative estimate of drug-likeness (QED) is 0.637. The van der Waals surface area contributed by atoms with Crippen molar-refractivity contribution in [2.45, 2.75) is 72.1 Å². The van der Waals surface area contributed by atoms with Gasteiger partial charge >= 0.3 is 0 Å². The van der Waals surface area contributed by atoms with Crippen LogP contribution in [0.25, 0.3) is 0 Å². The lowest BCUT2D eigenvalue weighted by Gasteiger charge is -2.42. The van der Waals surface area contributed by atoms with Crippen molar-refractivity contribution in [2.24, 2.45) is 11.8 Å². The molecule has 1 fully saturated rings. The summed E-state index contributed by atoms with van der Waals surface area (Å²) in [5, 5.41) is 0. The minimum absolute atomic E-state index is 0.790. The molecule has 0 heteroatoms. The summed E-state index contributed by atoms with van der Waals surface area (Å²) in [4.78, 5) is 0. The van der Waals surface area contributed by atoms with Crippen LogP contribution in [-0.2, 0) is 12.8 Å². The Labute approximate surface area is 118 Å². The van der Waals surface area contributed by atoms with E-state index in [0.29, 0.717) is 0 Å². The average molecular weight is 256 g/mol. The first-order valence-electron chi connectivity index (χ1n) is 8.25. The topological polar surface area (TPSA) is 0 Å². The van der Waals surface area contributed by atoms with E-state index in [1.54, 1.807) is 27.8 Å². The predicted molar refractivity (Wildman–Crippen MR) is 82.9 cm³/mol. The number of benzene rings is 1. The fraction of sp³-hybridized carbons (Fsp3) is 0.684. The SMILES string of the molecule is CCc1cc2c(c(C)c1C)C(C)[C@H]1CCCCC1C2. The summed E-state index contributed by atoms with van der Waals surface area (Å²) in [5.41, 5.74) is 8.15. The molecule has 3 atom stereocenters. The van der Waals surface area contributed by atoms with E-state index < -0.39 is 0 Å². The van der Waals surface area contributed by atoms with Gasteiger partial charge < -0.3 is 0 Å². The van der Waals surface area contributed by atoms with Gasteiger partial charge in [0.15, 0.2) is 0 Å². The first kappa shape index (κ1) is 13.2. The van der Waals surface area contributed by atoms with Gasteiger partial charge in [0.05, 0.1) is 0 Å². The lowest BCUT2D eigenvalue weighted by Crippen LogP contribution is -2.32. The van der Waals surface area contributed by atoms with Gasteiger partial charge in [-0.05, 0) is 85.1 Å². The van der Waals surface area contributed by atoms with Crippen LogP contribution < -0.4 is 0 Å². The summed E-state index contributed by atoms with van der Waals surface area (Å²) in [7, 11) is 0. The van der Waals surface area contributed by atoms with Crippen LogP contribution in [0.5, 0.6) is 0 Å². The molecule has 0 amide bonds. The van der Waals surface area contributed by atoms with Crippen LogP contribution in [0.1, 0.15) is 73.3 Å². The van der Waals surface area contributed by atoms with Gasteiger partial charge in [-0.25, -0.2) is 0 Å². The molecule has 104 valence electrons. The molecule has 3 rings (SSSR count). The summed E-state index contributed by atoms with van der Waals surface area (Å²) in [5.74, 6) is 2.73. The first-order chi connectivity index (χ1) is 9.13. The molecule has 1 saturated carbocycles. The molecule has 0 radical (unpaired) electrons. The van der Waals surface area contributed by atoms with Gasteiger partial charge in [0.25, 0.3) is 0 Å². The van der Waals surface area contributed by atoms with E-state index in [1.165, 1.54) is 38.5 Å². The zero-order chi connectivity index (χ0) is 13.6. The van der Waals surface area contributed by atoms with Crippen molar-refractivity contribution in [2.75, 3.05) is 0 Å². The summed E-state index contributed by atoms with van der Waals surface area (Å²) >= 11 is 0. The monoisotopic (exact) mass is 256 g/mol. The van der Waals surface area contributed by atoms with Crippen LogP contribution >= 0.6 is 0 Å². The molecule has 0 bridgehead atoms. The molecule has 1 aromatic rings. The first-order valence-corrected chi connectivity index (χ1v) is 8.25. The molecular weight excluding hydrogens is 228 g/mol. The van der Waals surface area contributed by atoms with Gasteiger partial charge in [-0.2, -0.15) is 0 Å². The van der Waals surface area contributed by atoms with Gasteiger partial charge in [0.1, 0.15) is 0 Å².